The van der Waals surface area contributed by atoms with Crippen LogP contribution in [0.1, 0.15) is 43.7 Å². The van der Waals surface area contributed by atoms with Gasteiger partial charge in [-0.15, -0.1) is 0 Å². The number of urea groups is 1. The third kappa shape index (κ3) is 4.01. The van der Waals surface area contributed by atoms with Gasteiger partial charge in [0.2, 0.25) is 0 Å². The minimum atomic E-state index is -0.144. The Hall–Kier alpha value is -1.75. The molecule has 24 heavy (non-hydrogen) atoms. The van der Waals surface area contributed by atoms with Crippen molar-refractivity contribution in [2.45, 2.75) is 52.0 Å². The van der Waals surface area contributed by atoms with E-state index in [-0.39, 0.29) is 11.6 Å². The van der Waals surface area contributed by atoms with Gasteiger partial charge in [-0.05, 0) is 63.5 Å². The molecule has 0 atom stereocenters. The molecule has 0 heterocycles. The highest BCUT2D eigenvalue weighted by Crippen LogP contribution is 2.34. The van der Waals surface area contributed by atoms with E-state index in [1.807, 2.05) is 26.0 Å². The predicted octanol–water partition coefficient (Wildman–Crippen LogP) is 3.70. The number of ether oxygens (including phenoxy) is 1. The fourth-order valence-electron chi connectivity index (χ4n) is 3.83. The lowest BCUT2D eigenvalue weighted by Crippen LogP contribution is -2.53. The first-order chi connectivity index (χ1) is 11.4. The average molecular weight is 333 g/mol. The summed E-state index contributed by atoms with van der Waals surface area (Å²) in [6, 6.07) is 3.74. The lowest BCUT2D eigenvalue weighted by atomic mass is 9.95. The number of anilines is 1. The monoisotopic (exact) mass is 333 g/mol. The van der Waals surface area contributed by atoms with Crippen molar-refractivity contribution in [3.8, 4) is 5.75 Å². The molecule has 0 unspecified atom stereocenters. The number of methoxy groups -OCH3 is 1. The van der Waals surface area contributed by atoms with E-state index >= 15 is 0 Å². The van der Waals surface area contributed by atoms with Crippen LogP contribution in [0.4, 0.5) is 10.5 Å². The molecular weight excluding hydrogens is 302 g/mol. The van der Waals surface area contributed by atoms with Crippen LogP contribution in [-0.2, 0) is 0 Å². The first-order valence-corrected chi connectivity index (χ1v) is 8.83. The average Bonchev–Trinajstić information content (AvgIpc) is 3.02. The molecule has 0 spiro atoms. The van der Waals surface area contributed by atoms with Gasteiger partial charge in [-0.25, -0.2) is 4.79 Å². The smallest absolute Gasteiger partial charge is 0.319 e. The van der Waals surface area contributed by atoms with Gasteiger partial charge in [0.1, 0.15) is 5.75 Å². The number of carbonyl (C=O) groups is 1. The molecule has 2 N–H and O–H groups in total. The molecule has 0 bridgehead atoms. The number of nitrogens with one attached hydrogen (secondary N) is 2. The largest absolute Gasteiger partial charge is 0.496 e. The highest BCUT2D eigenvalue weighted by Gasteiger charge is 2.37. The van der Waals surface area contributed by atoms with Crippen molar-refractivity contribution >= 4 is 11.7 Å². The SMILES string of the molecule is CCN(C)C1(CNC(=O)Nc2cc(C)c(OC)c(C)c2)CCCC1. The molecule has 1 saturated carbocycles. The third-order valence-corrected chi connectivity index (χ3v) is 5.32. The number of amides is 2. The van der Waals surface area contributed by atoms with Crippen LogP contribution in [0.2, 0.25) is 0 Å². The summed E-state index contributed by atoms with van der Waals surface area (Å²) in [7, 11) is 3.82. The van der Waals surface area contributed by atoms with Crippen molar-refractivity contribution in [1.29, 1.82) is 0 Å². The van der Waals surface area contributed by atoms with Gasteiger partial charge in [0.25, 0.3) is 0 Å². The summed E-state index contributed by atoms with van der Waals surface area (Å²) in [5.74, 6) is 0.871. The van der Waals surface area contributed by atoms with Crippen molar-refractivity contribution in [3.63, 3.8) is 0 Å². The first kappa shape index (κ1) is 18.6. The molecule has 1 aromatic carbocycles. The molecule has 0 saturated heterocycles. The maximum absolute atomic E-state index is 12.3. The summed E-state index contributed by atoms with van der Waals surface area (Å²) in [4.78, 5) is 14.7. The Balaban J connectivity index is 1.98. The number of benzene rings is 1. The second-order valence-electron chi connectivity index (χ2n) is 6.90. The molecule has 2 amide bonds. The molecule has 2 rings (SSSR count). The highest BCUT2D eigenvalue weighted by atomic mass is 16.5. The van der Waals surface area contributed by atoms with Gasteiger partial charge in [0.05, 0.1) is 7.11 Å². The summed E-state index contributed by atoms with van der Waals surface area (Å²) in [5.41, 5.74) is 2.95. The van der Waals surface area contributed by atoms with Crippen molar-refractivity contribution in [3.05, 3.63) is 23.3 Å². The fraction of sp³-hybridized carbons (Fsp3) is 0.632. The van der Waals surface area contributed by atoms with Crippen LogP contribution in [0.5, 0.6) is 5.75 Å². The van der Waals surface area contributed by atoms with E-state index in [1.54, 1.807) is 7.11 Å². The molecule has 0 aliphatic heterocycles. The van der Waals surface area contributed by atoms with Crippen LogP contribution in [0.15, 0.2) is 12.1 Å². The maximum Gasteiger partial charge on any atom is 0.319 e. The first-order valence-electron chi connectivity index (χ1n) is 8.83. The van der Waals surface area contributed by atoms with Crippen molar-refractivity contribution in [2.24, 2.45) is 0 Å². The second-order valence-corrected chi connectivity index (χ2v) is 6.90. The standard InChI is InChI=1S/C19H31N3O2/c1-6-22(4)19(9-7-8-10-19)13-20-18(23)21-16-11-14(2)17(24-5)15(3)12-16/h11-12H,6-10,13H2,1-5H3,(H2,20,21,23). The second kappa shape index (κ2) is 7.88. The van der Waals surface area contributed by atoms with E-state index in [0.29, 0.717) is 6.54 Å². The molecule has 1 fully saturated rings. The topological polar surface area (TPSA) is 53.6 Å². The zero-order chi connectivity index (χ0) is 17.7. The van der Waals surface area contributed by atoms with Crippen LogP contribution in [0.25, 0.3) is 0 Å². The predicted molar refractivity (Wildman–Crippen MR) is 99.0 cm³/mol. The van der Waals surface area contributed by atoms with Crippen LogP contribution in [-0.4, -0.2) is 43.7 Å². The number of likely N-dealkylation sites (N-methyl/N-ethyl adjacent to an activating group) is 1. The molecule has 134 valence electrons. The van der Waals surface area contributed by atoms with Gasteiger partial charge in [0, 0.05) is 17.8 Å². The summed E-state index contributed by atoms with van der Waals surface area (Å²) in [6.07, 6.45) is 4.78. The van der Waals surface area contributed by atoms with E-state index in [1.165, 1.54) is 12.8 Å². The number of nitrogens with zero attached hydrogens (tertiary/aromatic N) is 1. The normalized spacial score (nSPS) is 16.2. The number of hydrogen-bond donors (Lipinski definition) is 2. The Labute approximate surface area is 145 Å². The fourth-order valence-corrected chi connectivity index (χ4v) is 3.83. The molecule has 5 nitrogen and oxygen atoms in total. The Morgan fingerprint density at radius 3 is 2.33 bits per heavy atom. The lowest BCUT2D eigenvalue weighted by molar-refractivity contribution is 0.131. The number of hydrogen-bond acceptors (Lipinski definition) is 3. The Morgan fingerprint density at radius 2 is 1.83 bits per heavy atom. The molecular formula is C19H31N3O2. The van der Waals surface area contributed by atoms with Crippen LogP contribution in [0.3, 0.4) is 0 Å². The van der Waals surface area contributed by atoms with Crippen LogP contribution in [0, 0.1) is 13.8 Å². The summed E-state index contributed by atoms with van der Waals surface area (Å²) >= 11 is 0. The van der Waals surface area contributed by atoms with E-state index in [0.717, 1.165) is 42.0 Å². The van der Waals surface area contributed by atoms with E-state index < -0.39 is 0 Å². The highest BCUT2D eigenvalue weighted by molar-refractivity contribution is 5.89. The third-order valence-electron chi connectivity index (χ3n) is 5.32. The van der Waals surface area contributed by atoms with Gasteiger partial charge >= 0.3 is 6.03 Å². The molecule has 1 aromatic rings. The lowest BCUT2D eigenvalue weighted by Gasteiger charge is -2.38. The van der Waals surface area contributed by atoms with Crippen molar-refractivity contribution in [2.75, 3.05) is 32.6 Å². The molecule has 5 heteroatoms. The molecule has 1 aliphatic rings. The minimum absolute atomic E-state index is 0.109. The van der Waals surface area contributed by atoms with Crippen molar-refractivity contribution in [1.82, 2.24) is 10.2 Å². The Morgan fingerprint density at radius 1 is 1.25 bits per heavy atom. The van der Waals surface area contributed by atoms with Gasteiger partial charge in [-0.2, -0.15) is 0 Å². The number of aryl methyl sites for hydroxylation is 2. The quantitative estimate of drug-likeness (QED) is 0.834. The van der Waals surface area contributed by atoms with E-state index in [9.17, 15) is 4.79 Å². The van der Waals surface area contributed by atoms with E-state index in [4.69, 9.17) is 4.74 Å². The number of carbonyl (C=O) groups excluding carboxylic acids is 1. The zero-order valence-corrected chi connectivity index (χ0v) is 15.7. The van der Waals surface area contributed by atoms with Gasteiger partial charge in [-0.3, -0.25) is 4.90 Å². The van der Waals surface area contributed by atoms with Crippen LogP contribution < -0.4 is 15.4 Å². The van der Waals surface area contributed by atoms with Gasteiger partial charge in [0.15, 0.2) is 0 Å². The Kier molecular flexibility index (Phi) is 6.10. The Bertz CT molecular complexity index is 557. The van der Waals surface area contributed by atoms with Crippen LogP contribution >= 0.6 is 0 Å². The maximum atomic E-state index is 12.3. The summed E-state index contributed by atoms with van der Waals surface area (Å²) < 4.78 is 5.37. The molecule has 1 aliphatic carbocycles. The van der Waals surface area contributed by atoms with Gasteiger partial charge in [-0.1, -0.05) is 19.8 Å². The summed E-state index contributed by atoms with van der Waals surface area (Å²) in [5, 5.41) is 6.02. The number of rotatable bonds is 6. The van der Waals surface area contributed by atoms with Crippen molar-refractivity contribution < 1.29 is 9.53 Å². The molecule has 0 aromatic heterocycles. The summed E-state index contributed by atoms with van der Waals surface area (Å²) in [6.45, 7) is 7.83. The zero-order valence-electron chi connectivity index (χ0n) is 15.7. The van der Waals surface area contributed by atoms with Gasteiger partial charge < -0.3 is 15.4 Å². The van der Waals surface area contributed by atoms with E-state index in [2.05, 4.69) is 29.5 Å². The molecule has 0 radical (unpaired) electrons. The minimum Gasteiger partial charge on any atom is -0.496 e.